The molecule has 0 aliphatic carbocycles. The van der Waals surface area contributed by atoms with Crippen LogP contribution in [-0.2, 0) is 4.79 Å². The van der Waals surface area contributed by atoms with Gasteiger partial charge < -0.3 is 9.84 Å². The second kappa shape index (κ2) is 7.82. The number of benzene rings is 2. The lowest BCUT2D eigenvalue weighted by Gasteiger charge is -2.13. The van der Waals surface area contributed by atoms with Crippen LogP contribution in [0.25, 0.3) is 11.6 Å². The molecule has 3 heteroatoms. The van der Waals surface area contributed by atoms with Gasteiger partial charge in [0.15, 0.2) is 0 Å². The standard InChI is InChI=1S/C21H24O3/c1-14(2)13-24-20-8-6-5-7-17(20)12-19(21(22)23)18-11-15(3)9-10-16(18)4/h5-12,14H,13H2,1-4H3,(H,22,23)/b19-12-. The number of aryl methyl sites for hydroxylation is 2. The number of hydrogen-bond donors (Lipinski definition) is 1. The lowest BCUT2D eigenvalue weighted by atomic mass is 9.96. The van der Waals surface area contributed by atoms with E-state index in [1.54, 1.807) is 6.08 Å². The van der Waals surface area contributed by atoms with E-state index >= 15 is 0 Å². The highest BCUT2D eigenvalue weighted by atomic mass is 16.5. The van der Waals surface area contributed by atoms with Crippen LogP contribution in [0.2, 0.25) is 0 Å². The molecule has 0 radical (unpaired) electrons. The largest absolute Gasteiger partial charge is 0.493 e. The number of rotatable bonds is 6. The van der Waals surface area contributed by atoms with E-state index < -0.39 is 5.97 Å². The third-order valence-electron chi connectivity index (χ3n) is 3.70. The zero-order valence-electron chi connectivity index (χ0n) is 14.7. The summed E-state index contributed by atoms with van der Waals surface area (Å²) in [6.45, 7) is 8.64. The average molecular weight is 324 g/mol. The van der Waals surface area contributed by atoms with Crippen LogP contribution in [0.3, 0.4) is 0 Å². The monoisotopic (exact) mass is 324 g/mol. The molecular formula is C21H24O3. The maximum absolute atomic E-state index is 11.8. The number of para-hydroxylation sites is 1. The Hall–Kier alpha value is -2.55. The molecule has 24 heavy (non-hydrogen) atoms. The van der Waals surface area contributed by atoms with E-state index in [-0.39, 0.29) is 5.57 Å². The molecule has 2 aromatic rings. The molecule has 0 aliphatic rings. The van der Waals surface area contributed by atoms with Gasteiger partial charge in [0, 0.05) is 5.56 Å². The first-order valence-corrected chi connectivity index (χ1v) is 8.13. The minimum atomic E-state index is -0.942. The molecule has 0 atom stereocenters. The molecular weight excluding hydrogens is 300 g/mol. The van der Waals surface area contributed by atoms with Crippen molar-refractivity contribution < 1.29 is 14.6 Å². The van der Waals surface area contributed by atoms with Crippen molar-refractivity contribution >= 4 is 17.6 Å². The summed E-state index contributed by atoms with van der Waals surface area (Å²) in [6, 6.07) is 13.4. The molecule has 0 saturated carbocycles. The van der Waals surface area contributed by atoms with Crippen molar-refractivity contribution in [1.82, 2.24) is 0 Å². The normalized spacial score (nSPS) is 11.6. The number of carboxylic acid groups (broad SMARTS) is 1. The molecule has 0 unspecified atom stereocenters. The van der Waals surface area contributed by atoms with Crippen LogP contribution in [0, 0.1) is 19.8 Å². The van der Waals surface area contributed by atoms with Gasteiger partial charge in [0.2, 0.25) is 0 Å². The lowest BCUT2D eigenvalue weighted by molar-refractivity contribution is -0.130. The SMILES string of the molecule is Cc1ccc(C)c(/C(=C/c2ccccc2OCC(C)C)C(=O)O)c1. The summed E-state index contributed by atoms with van der Waals surface area (Å²) in [6.07, 6.45) is 1.69. The zero-order valence-corrected chi connectivity index (χ0v) is 14.7. The maximum Gasteiger partial charge on any atom is 0.336 e. The van der Waals surface area contributed by atoms with Crippen LogP contribution in [0.5, 0.6) is 5.75 Å². The van der Waals surface area contributed by atoms with Gasteiger partial charge in [-0.1, -0.05) is 55.8 Å². The molecule has 2 rings (SSSR count). The highest BCUT2D eigenvalue weighted by Crippen LogP contribution is 2.27. The summed E-state index contributed by atoms with van der Waals surface area (Å²) in [5.41, 5.74) is 3.76. The number of aliphatic carboxylic acids is 1. The van der Waals surface area contributed by atoms with E-state index in [4.69, 9.17) is 4.74 Å². The molecule has 2 aromatic carbocycles. The zero-order chi connectivity index (χ0) is 17.7. The van der Waals surface area contributed by atoms with Crippen molar-refractivity contribution in [1.29, 1.82) is 0 Å². The average Bonchev–Trinajstić information content (AvgIpc) is 2.53. The highest BCUT2D eigenvalue weighted by molar-refractivity contribution is 6.21. The molecule has 0 fully saturated rings. The third-order valence-corrected chi connectivity index (χ3v) is 3.70. The molecule has 1 N–H and O–H groups in total. The van der Waals surface area contributed by atoms with E-state index in [9.17, 15) is 9.90 Å². The summed E-state index contributed by atoms with van der Waals surface area (Å²) in [5, 5.41) is 9.70. The topological polar surface area (TPSA) is 46.5 Å². The van der Waals surface area contributed by atoms with E-state index in [1.807, 2.05) is 56.3 Å². The molecule has 0 saturated heterocycles. The van der Waals surface area contributed by atoms with E-state index in [1.165, 1.54) is 0 Å². The van der Waals surface area contributed by atoms with Gasteiger partial charge in [-0.25, -0.2) is 4.79 Å². The van der Waals surface area contributed by atoms with Gasteiger partial charge in [0.25, 0.3) is 0 Å². The Morgan fingerprint density at radius 2 is 1.88 bits per heavy atom. The predicted octanol–water partition coefficient (Wildman–Crippen LogP) is 4.96. The molecule has 0 amide bonds. The van der Waals surface area contributed by atoms with Gasteiger partial charge in [0.1, 0.15) is 5.75 Å². The summed E-state index contributed by atoms with van der Waals surface area (Å²) >= 11 is 0. The van der Waals surface area contributed by atoms with E-state index in [0.29, 0.717) is 18.3 Å². The first-order chi connectivity index (χ1) is 11.4. The fourth-order valence-corrected chi connectivity index (χ4v) is 2.42. The summed E-state index contributed by atoms with van der Waals surface area (Å²) in [7, 11) is 0. The van der Waals surface area contributed by atoms with Gasteiger partial charge in [0.05, 0.1) is 12.2 Å². The van der Waals surface area contributed by atoms with Crippen LogP contribution in [-0.4, -0.2) is 17.7 Å². The highest BCUT2D eigenvalue weighted by Gasteiger charge is 2.14. The molecule has 3 nitrogen and oxygen atoms in total. The van der Waals surface area contributed by atoms with Crippen LogP contribution >= 0.6 is 0 Å². The van der Waals surface area contributed by atoms with Gasteiger partial charge in [-0.15, -0.1) is 0 Å². The Morgan fingerprint density at radius 3 is 2.54 bits per heavy atom. The Labute approximate surface area is 143 Å². The van der Waals surface area contributed by atoms with Crippen LogP contribution < -0.4 is 4.74 Å². The summed E-state index contributed by atoms with van der Waals surface area (Å²) < 4.78 is 5.83. The Balaban J connectivity index is 2.49. The van der Waals surface area contributed by atoms with Gasteiger partial charge in [-0.05, 0) is 43.0 Å². The van der Waals surface area contributed by atoms with Crippen LogP contribution in [0.15, 0.2) is 42.5 Å². The van der Waals surface area contributed by atoms with Crippen molar-refractivity contribution in [2.24, 2.45) is 5.92 Å². The molecule has 0 spiro atoms. The first kappa shape index (κ1) is 17.8. The second-order valence-electron chi connectivity index (χ2n) is 6.42. The fourth-order valence-electron chi connectivity index (χ4n) is 2.42. The molecule has 126 valence electrons. The minimum absolute atomic E-state index is 0.275. The van der Waals surface area contributed by atoms with Crippen LogP contribution in [0.4, 0.5) is 0 Å². The molecule has 0 aliphatic heterocycles. The maximum atomic E-state index is 11.8. The number of ether oxygens (including phenoxy) is 1. The fraction of sp³-hybridized carbons (Fsp3) is 0.286. The lowest BCUT2D eigenvalue weighted by Crippen LogP contribution is -2.06. The minimum Gasteiger partial charge on any atom is -0.493 e. The molecule has 0 heterocycles. The summed E-state index contributed by atoms with van der Waals surface area (Å²) in [5.74, 6) is 0.164. The Kier molecular flexibility index (Phi) is 5.80. The quantitative estimate of drug-likeness (QED) is 0.603. The third kappa shape index (κ3) is 4.48. The van der Waals surface area contributed by atoms with E-state index in [2.05, 4.69) is 13.8 Å². The van der Waals surface area contributed by atoms with E-state index in [0.717, 1.165) is 22.3 Å². The smallest absolute Gasteiger partial charge is 0.336 e. The number of carbonyl (C=O) groups is 1. The van der Waals surface area contributed by atoms with Crippen molar-refractivity contribution in [2.45, 2.75) is 27.7 Å². The molecule has 0 bridgehead atoms. The second-order valence-corrected chi connectivity index (χ2v) is 6.42. The number of carboxylic acids is 1. The number of hydrogen-bond acceptors (Lipinski definition) is 2. The summed E-state index contributed by atoms with van der Waals surface area (Å²) in [4.78, 5) is 11.8. The van der Waals surface area contributed by atoms with Gasteiger partial charge in [-0.2, -0.15) is 0 Å². The van der Waals surface area contributed by atoms with Crippen molar-refractivity contribution in [3.05, 3.63) is 64.7 Å². The molecule has 0 aromatic heterocycles. The van der Waals surface area contributed by atoms with Crippen molar-refractivity contribution in [3.8, 4) is 5.75 Å². The van der Waals surface area contributed by atoms with Crippen LogP contribution in [0.1, 0.15) is 36.1 Å². The first-order valence-electron chi connectivity index (χ1n) is 8.13. The van der Waals surface area contributed by atoms with Gasteiger partial charge in [-0.3, -0.25) is 0 Å². The predicted molar refractivity (Wildman–Crippen MR) is 98.2 cm³/mol. The van der Waals surface area contributed by atoms with Crippen molar-refractivity contribution in [2.75, 3.05) is 6.61 Å². The Bertz CT molecular complexity index is 757. The van der Waals surface area contributed by atoms with Crippen molar-refractivity contribution in [3.63, 3.8) is 0 Å². The van der Waals surface area contributed by atoms with Gasteiger partial charge >= 0.3 is 5.97 Å². The Morgan fingerprint density at radius 1 is 1.17 bits per heavy atom.